The Balaban J connectivity index is 1.96. The summed E-state index contributed by atoms with van der Waals surface area (Å²) in [6.07, 6.45) is -3.52. The van der Waals surface area contributed by atoms with E-state index in [-0.39, 0.29) is 12.3 Å². The maximum Gasteiger partial charge on any atom is 0.418 e. The summed E-state index contributed by atoms with van der Waals surface area (Å²) in [5, 5.41) is 2.24. The van der Waals surface area contributed by atoms with Crippen molar-refractivity contribution in [1.82, 2.24) is 0 Å². The van der Waals surface area contributed by atoms with E-state index in [1.807, 2.05) is 12.1 Å². The molecule has 25 heavy (non-hydrogen) atoms. The molecule has 0 heterocycles. The van der Waals surface area contributed by atoms with E-state index >= 15 is 0 Å². The van der Waals surface area contributed by atoms with Crippen LogP contribution in [-0.4, -0.2) is 12.5 Å². The van der Waals surface area contributed by atoms with Crippen LogP contribution in [0.1, 0.15) is 37.3 Å². The van der Waals surface area contributed by atoms with Crippen LogP contribution in [0.3, 0.4) is 0 Å². The van der Waals surface area contributed by atoms with E-state index in [9.17, 15) is 18.0 Å². The minimum atomic E-state index is -4.53. The zero-order chi connectivity index (χ0) is 18.4. The predicted molar refractivity (Wildman–Crippen MR) is 90.7 cm³/mol. The minimum Gasteiger partial charge on any atom is -0.484 e. The van der Waals surface area contributed by atoms with Gasteiger partial charge < -0.3 is 10.1 Å². The summed E-state index contributed by atoms with van der Waals surface area (Å²) in [6.45, 7) is 3.84. The lowest BCUT2D eigenvalue weighted by Gasteiger charge is -2.14. The Hall–Kier alpha value is -2.50. The lowest BCUT2D eigenvalue weighted by atomic mass is 9.99. The van der Waals surface area contributed by atoms with Gasteiger partial charge in [0.2, 0.25) is 0 Å². The van der Waals surface area contributed by atoms with Crippen molar-refractivity contribution in [2.45, 2.75) is 32.4 Å². The van der Waals surface area contributed by atoms with Crippen LogP contribution >= 0.6 is 0 Å². The first-order valence-corrected chi connectivity index (χ1v) is 8.00. The number of anilines is 1. The maximum atomic E-state index is 12.9. The van der Waals surface area contributed by atoms with Gasteiger partial charge in [0, 0.05) is 0 Å². The fourth-order valence-electron chi connectivity index (χ4n) is 2.30. The Labute approximate surface area is 144 Å². The van der Waals surface area contributed by atoms with Gasteiger partial charge in [-0.25, -0.2) is 0 Å². The van der Waals surface area contributed by atoms with E-state index in [1.54, 1.807) is 12.1 Å². The molecule has 3 nitrogen and oxygen atoms in total. The van der Waals surface area contributed by atoms with Crippen LogP contribution < -0.4 is 10.1 Å². The predicted octanol–water partition coefficient (Wildman–Crippen LogP) is 5.24. The van der Waals surface area contributed by atoms with Gasteiger partial charge in [-0.2, -0.15) is 13.2 Å². The molecule has 0 aliphatic carbocycles. The van der Waals surface area contributed by atoms with Crippen LogP contribution in [0.5, 0.6) is 5.75 Å². The van der Waals surface area contributed by atoms with Crippen LogP contribution in [0.4, 0.5) is 18.9 Å². The summed E-state index contributed by atoms with van der Waals surface area (Å²) in [5.41, 5.74) is -0.00428. The minimum absolute atomic E-state index is 0.282. The topological polar surface area (TPSA) is 38.3 Å². The molecule has 1 atom stereocenters. The first-order chi connectivity index (χ1) is 11.8. The molecule has 0 saturated heterocycles. The molecule has 134 valence electrons. The zero-order valence-electron chi connectivity index (χ0n) is 14.1. The molecule has 2 aromatic rings. The van der Waals surface area contributed by atoms with Crippen LogP contribution in [0, 0.1) is 0 Å². The van der Waals surface area contributed by atoms with Crippen LogP contribution in [0.25, 0.3) is 0 Å². The van der Waals surface area contributed by atoms with Gasteiger partial charge in [-0.05, 0) is 42.2 Å². The van der Waals surface area contributed by atoms with Crippen molar-refractivity contribution in [2.24, 2.45) is 0 Å². The van der Waals surface area contributed by atoms with Crippen molar-refractivity contribution in [2.75, 3.05) is 11.9 Å². The number of hydrogen-bond donors (Lipinski definition) is 1. The summed E-state index contributed by atoms with van der Waals surface area (Å²) in [4.78, 5) is 11.9. The van der Waals surface area contributed by atoms with Gasteiger partial charge in [0.05, 0.1) is 11.3 Å². The van der Waals surface area contributed by atoms with Gasteiger partial charge in [0.15, 0.2) is 6.61 Å². The number of alkyl halides is 3. The highest BCUT2D eigenvalue weighted by molar-refractivity contribution is 5.92. The van der Waals surface area contributed by atoms with Crippen molar-refractivity contribution < 1.29 is 22.7 Å². The van der Waals surface area contributed by atoms with Crippen LogP contribution in [0.2, 0.25) is 0 Å². The van der Waals surface area contributed by atoms with E-state index < -0.39 is 17.6 Å². The van der Waals surface area contributed by atoms with Gasteiger partial charge in [-0.1, -0.05) is 38.1 Å². The molecule has 0 fully saturated rings. The van der Waals surface area contributed by atoms with Crippen molar-refractivity contribution in [3.8, 4) is 5.75 Å². The number of ether oxygens (including phenoxy) is 1. The third-order valence-electron chi connectivity index (χ3n) is 3.94. The fraction of sp³-hybridized carbons (Fsp3) is 0.316. The maximum absolute atomic E-state index is 12.9. The standard InChI is InChI=1S/C19H20F3NO2/c1-3-13(2)14-8-10-15(11-9-14)25-12-18(24)23-17-7-5-4-6-16(17)19(20,21)22/h4-11,13H,3,12H2,1-2H3,(H,23,24). The molecule has 0 spiro atoms. The number of benzene rings is 2. The highest BCUT2D eigenvalue weighted by Crippen LogP contribution is 2.34. The number of carbonyl (C=O) groups is 1. The summed E-state index contributed by atoms with van der Waals surface area (Å²) < 4.78 is 44.0. The molecular weight excluding hydrogens is 331 g/mol. The second-order valence-electron chi connectivity index (χ2n) is 5.76. The number of rotatable bonds is 6. The largest absolute Gasteiger partial charge is 0.484 e. The van der Waals surface area contributed by atoms with E-state index in [0.717, 1.165) is 12.5 Å². The molecule has 1 amide bonds. The van der Waals surface area contributed by atoms with E-state index in [2.05, 4.69) is 19.2 Å². The van der Waals surface area contributed by atoms with E-state index in [0.29, 0.717) is 11.7 Å². The number of carbonyl (C=O) groups excluding carboxylic acids is 1. The zero-order valence-corrected chi connectivity index (χ0v) is 14.1. The van der Waals surface area contributed by atoms with Crippen molar-refractivity contribution >= 4 is 11.6 Å². The van der Waals surface area contributed by atoms with Gasteiger partial charge in [-0.15, -0.1) is 0 Å². The summed E-state index contributed by atoms with van der Waals surface area (Å²) in [5.74, 6) is 0.269. The lowest BCUT2D eigenvalue weighted by molar-refractivity contribution is -0.137. The smallest absolute Gasteiger partial charge is 0.418 e. The number of amides is 1. The number of hydrogen-bond acceptors (Lipinski definition) is 2. The number of halogens is 3. The van der Waals surface area contributed by atoms with E-state index in [4.69, 9.17) is 4.74 Å². The second-order valence-corrected chi connectivity index (χ2v) is 5.76. The van der Waals surface area contributed by atoms with Crippen molar-refractivity contribution in [1.29, 1.82) is 0 Å². The average Bonchev–Trinajstić information content (AvgIpc) is 2.59. The molecule has 6 heteroatoms. The van der Waals surface area contributed by atoms with Gasteiger partial charge >= 0.3 is 6.18 Å². The fourth-order valence-corrected chi connectivity index (χ4v) is 2.30. The van der Waals surface area contributed by atoms with Crippen molar-refractivity contribution in [3.05, 3.63) is 59.7 Å². The Morgan fingerprint density at radius 1 is 1.12 bits per heavy atom. The lowest BCUT2D eigenvalue weighted by Crippen LogP contribution is -2.22. The third kappa shape index (κ3) is 5.24. The molecule has 0 aliphatic heterocycles. The average molecular weight is 351 g/mol. The summed E-state index contributed by atoms with van der Waals surface area (Å²) in [6, 6.07) is 12.2. The highest BCUT2D eigenvalue weighted by Gasteiger charge is 2.33. The molecule has 0 saturated carbocycles. The monoisotopic (exact) mass is 351 g/mol. The second kappa shape index (κ2) is 8.05. The highest BCUT2D eigenvalue weighted by atomic mass is 19.4. The SMILES string of the molecule is CCC(C)c1ccc(OCC(=O)Nc2ccccc2C(F)(F)F)cc1. The quantitative estimate of drug-likeness (QED) is 0.773. The first kappa shape index (κ1) is 18.8. The number of nitrogens with one attached hydrogen (secondary N) is 1. The molecule has 2 aromatic carbocycles. The Kier molecular flexibility index (Phi) is 6.07. The molecule has 1 unspecified atom stereocenters. The first-order valence-electron chi connectivity index (χ1n) is 8.00. The molecule has 0 aliphatic rings. The Bertz CT molecular complexity index is 711. The van der Waals surface area contributed by atoms with Gasteiger partial charge in [0.25, 0.3) is 5.91 Å². The summed E-state index contributed by atoms with van der Waals surface area (Å²) >= 11 is 0. The third-order valence-corrected chi connectivity index (χ3v) is 3.94. The molecule has 0 aromatic heterocycles. The molecule has 0 bridgehead atoms. The molecule has 2 rings (SSSR count). The van der Waals surface area contributed by atoms with Crippen LogP contribution in [-0.2, 0) is 11.0 Å². The normalized spacial score (nSPS) is 12.5. The summed E-state index contributed by atoms with van der Waals surface area (Å²) in [7, 11) is 0. The van der Waals surface area contributed by atoms with E-state index in [1.165, 1.54) is 23.8 Å². The van der Waals surface area contributed by atoms with Crippen molar-refractivity contribution in [3.63, 3.8) is 0 Å². The molecule has 0 radical (unpaired) electrons. The van der Waals surface area contributed by atoms with Crippen LogP contribution in [0.15, 0.2) is 48.5 Å². The Morgan fingerprint density at radius 2 is 1.76 bits per heavy atom. The number of para-hydroxylation sites is 1. The molecule has 1 N–H and O–H groups in total. The van der Waals surface area contributed by atoms with Gasteiger partial charge in [0.1, 0.15) is 5.75 Å². The Morgan fingerprint density at radius 3 is 2.36 bits per heavy atom. The van der Waals surface area contributed by atoms with Gasteiger partial charge in [-0.3, -0.25) is 4.79 Å². The molecular formula is C19H20F3NO2.